The van der Waals surface area contributed by atoms with Gasteiger partial charge in [0.25, 0.3) is 0 Å². The number of oxime groups is 1. The van der Waals surface area contributed by atoms with Gasteiger partial charge in [0.1, 0.15) is 0 Å². The first-order valence-electron chi connectivity index (χ1n) is 6.48. The number of ether oxygens (including phenoxy) is 1. The number of nitrogens with one attached hydrogen (secondary N) is 1. The van der Waals surface area contributed by atoms with Crippen molar-refractivity contribution >= 4 is 5.84 Å². The maximum atomic E-state index is 8.63. The van der Waals surface area contributed by atoms with Gasteiger partial charge in [-0.25, -0.2) is 0 Å². The highest BCUT2D eigenvalue weighted by molar-refractivity contribution is 5.97. The lowest BCUT2D eigenvalue weighted by molar-refractivity contribution is 0.111. The summed E-state index contributed by atoms with van der Waals surface area (Å²) in [6.07, 6.45) is 0. The normalized spacial score (nSPS) is 12.1. The van der Waals surface area contributed by atoms with Crippen LogP contribution in [0.4, 0.5) is 0 Å². The summed E-state index contributed by atoms with van der Waals surface area (Å²) >= 11 is 0. The van der Waals surface area contributed by atoms with Crippen LogP contribution in [0.15, 0.2) is 29.4 Å². The Morgan fingerprint density at radius 2 is 2.26 bits per heavy atom. The average Bonchev–Trinajstić information content (AvgIpc) is 2.41. The third-order valence-corrected chi connectivity index (χ3v) is 2.53. The van der Waals surface area contributed by atoms with E-state index in [0.717, 1.165) is 30.8 Å². The van der Waals surface area contributed by atoms with Crippen LogP contribution in [0, 0.1) is 5.92 Å². The second-order valence-corrected chi connectivity index (χ2v) is 4.83. The van der Waals surface area contributed by atoms with E-state index in [0.29, 0.717) is 12.5 Å². The highest BCUT2D eigenvalue weighted by atomic mass is 16.5. The van der Waals surface area contributed by atoms with E-state index in [2.05, 4.69) is 24.3 Å². The van der Waals surface area contributed by atoms with Gasteiger partial charge < -0.3 is 21.0 Å². The fourth-order valence-corrected chi connectivity index (χ4v) is 1.59. The van der Waals surface area contributed by atoms with Crippen molar-refractivity contribution in [2.45, 2.75) is 20.4 Å². The fraction of sp³-hybridized carbons (Fsp3) is 0.500. The lowest BCUT2D eigenvalue weighted by atomic mass is 10.1. The Bertz CT molecular complexity index is 405. The molecule has 0 heterocycles. The molecule has 0 bridgehead atoms. The second-order valence-electron chi connectivity index (χ2n) is 4.83. The van der Waals surface area contributed by atoms with E-state index < -0.39 is 0 Å². The number of amidine groups is 1. The minimum Gasteiger partial charge on any atom is -0.409 e. The predicted molar refractivity (Wildman–Crippen MR) is 76.3 cm³/mol. The Hall–Kier alpha value is -1.59. The van der Waals surface area contributed by atoms with Gasteiger partial charge in [0, 0.05) is 25.3 Å². The molecule has 0 unspecified atom stereocenters. The standard InChI is InChI=1S/C14H23N3O2/c1-11(2)10-19-7-6-16-9-12-4-3-5-13(8-12)14(15)17-18/h3-5,8,11,16,18H,6-7,9-10H2,1-2H3,(H2,15,17). The molecule has 1 aromatic carbocycles. The van der Waals surface area contributed by atoms with E-state index >= 15 is 0 Å². The van der Waals surface area contributed by atoms with Gasteiger partial charge in [0.15, 0.2) is 5.84 Å². The largest absolute Gasteiger partial charge is 0.409 e. The van der Waals surface area contributed by atoms with Crippen LogP contribution in [0.25, 0.3) is 0 Å². The van der Waals surface area contributed by atoms with Crippen LogP contribution in [0.1, 0.15) is 25.0 Å². The molecule has 0 atom stereocenters. The smallest absolute Gasteiger partial charge is 0.170 e. The Morgan fingerprint density at radius 3 is 2.95 bits per heavy atom. The molecule has 0 aliphatic carbocycles. The van der Waals surface area contributed by atoms with Crippen molar-refractivity contribution in [1.29, 1.82) is 0 Å². The average molecular weight is 265 g/mol. The van der Waals surface area contributed by atoms with Gasteiger partial charge in [-0.3, -0.25) is 0 Å². The molecule has 4 N–H and O–H groups in total. The molecule has 0 saturated heterocycles. The van der Waals surface area contributed by atoms with Crippen LogP contribution in [0.2, 0.25) is 0 Å². The van der Waals surface area contributed by atoms with E-state index in [1.807, 2.05) is 24.3 Å². The summed E-state index contributed by atoms with van der Waals surface area (Å²) in [4.78, 5) is 0. The summed E-state index contributed by atoms with van der Waals surface area (Å²) in [5.74, 6) is 0.694. The zero-order chi connectivity index (χ0) is 14.1. The summed E-state index contributed by atoms with van der Waals surface area (Å²) in [5, 5.41) is 14.9. The maximum Gasteiger partial charge on any atom is 0.170 e. The number of hydrogen-bond donors (Lipinski definition) is 3. The Kier molecular flexibility index (Phi) is 6.92. The lowest BCUT2D eigenvalue weighted by Crippen LogP contribution is -2.20. The van der Waals surface area contributed by atoms with Crippen molar-refractivity contribution in [2.75, 3.05) is 19.8 Å². The molecule has 1 aromatic rings. The Morgan fingerprint density at radius 1 is 1.47 bits per heavy atom. The van der Waals surface area contributed by atoms with Crippen molar-refractivity contribution in [3.8, 4) is 0 Å². The quantitative estimate of drug-likeness (QED) is 0.219. The number of nitrogens with zero attached hydrogens (tertiary/aromatic N) is 1. The van der Waals surface area contributed by atoms with Crippen LogP contribution in [-0.4, -0.2) is 30.8 Å². The minimum absolute atomic E-state index is 0.127. The Balaban J connectivity index is 2.30. The first-order valence-corrected chi connectivity index (χ1v) is 6.48. The summed E-state index contributed by atoms with van der Waals surface area (Å²) in [5.41, 5.74) is 7.36. The van der Waals surface area contributed by atoms with E-state index in [9.17, 15) is 0 Å². The molecule has 5 nitrogen and oxygen atoms in total. The highest BCUT2D eigenvalue weighted by Crippen LogP contribution is 2.04. The van der Waals surface area contributed by atoms with E-state index in [1.54, 1.807) is 0 Å². The lowest BCUT2D eigenvalue weighted by Gasteiger charge is -2.08. The third kappa shape index (κ3) is 6.22. The molecule has 0 saturated carbocycles. The van der Waals surface area contributed by atoms with Crippen LogP contribution < -0.4 is 11.1 Å². The summed E-state index contributed by atoms with van der Waals surface area (Å²) in [6, 6.07) is 7.59. The predicted octanol–water partition coefficient (Wildman–Crippen LogP) is 1.54. The minimum atomic E-state index is 0.127. The van der Waals surface area contributed by atoms with Crippen LogP contribution in [0.3, 0.4) is 0 Å². The summed E-state index contributed by atoms with van der Waals surface area (Å²) in [7, 11) is 0. The molecule has 0 radical (unpaired) electrons. The molecule has 19 heavy (non-hydrogen) atoms. The van der Waals surface area contributed by atoms with Crippen LogP contribution >= 0.6 is 0 Å². The van der Waals surface area contributed by atoms with Gasteiger partial charge >= 0.3 is 0 Å². The Labute approximate surface area is 114 Å². The third-order valence-electron chi connectivity index (χ3n) is 2.53. The van der Waals surface area contributed by atoms with Crippen LogP contribution in [0.5, 0.6) is 0 Å². The molecular formula is C14H23N3O2. The van der Waals surface area contributed by atoms with Crippen molar-refractivity contribution < 1.29 is 9.94 Å². The van der Waals surface area contributed by atoms with E-state index in [-0.39, 0.29) is 5.84 Å². The summed E-state index contributed by atoms with van der Waals surface area (Å²) < 4.78 is 5.48. The van der Waals surface area contributed by atoms with E-state index in [1.165, 1.54) is 0 Å². The van der Waals surface area contributed by atoms with E-state index in [4.69, 9.17) is 15.7 Å². The molecule has 0 aromatic heterocycles. The number of rotatable bonds is 8. The van der Waals surface area contributed by atoms with Gasteiger partial charge in [0.2, 0.25) is 0 Å². The molecular weight excluding hydrogens is 242 g/mol. The van der Waals surface area contributed by atoms with Gasteiger partial charge in [-0.15, -0.1) is 0 Å². The number of nitrogens with two attached hydrogens (primary N) is 1. The molecule has 0 amide bonds. The zero-order valence-electron chi connectivity index (χ0n) is 11.6. The number of benzene rings is 1. The molecule has 5 heteroatoms. The first-order chi connectivity index (χ1) is 9.13. The molecule has 106 valence electrons. The molecule has 1 rings (SSSR count). The molecule has 0 aliphatic heterocycles. The van der Waals surface area contributed by atoms with Gasteiger partial charge in [-0.05, 0) is 17.5 Å². The second kappa shape index (κ2) is 8.50. The SMILES string of the molecule is CC(C)COCCNCc1cccc(/C(N)=N/O)c1. The first kappa shape index (κ1) is 15.5. The topological polar surface area (TPSA) is 79.9 Å². The maximum absolute atomic E-state index is 8.63. The molecule has 0 fully saturated rings. The van der Waals surface area contributed by atoms with Gasteiger partial charge in [-0.1, -0.05) is 37.2 Å². The van der Waals surface area contributed by atoms with Crippen molar-refractivity contribution in [3.05, 3.63) is 35.4 Å². The molecule has 0 aliphatic rings. The summed E-state index contributed by atoms with van der Waals surface area (Å²) in [6.45, 7) is 7.30. The fourth-order valence-electron chi connectivity index (χ4n) is 1.59. The monoisotopic (exact) mass is 265 g/mol. The van der Waals surface area contributed by atoms with Crippen molar-refractivity contribution in [2.24, 2.45) is 16.8 Å². The van der Waals surface area contributed by atoms with Crippen LogP contribution in [-0.2, 0) is 11.3 Å². The van der Waals surface area contributed by atoms with Crippen molar-refractivity contribution in [3.63, 3.8) is 0 Å². The highest BCUT2D eigenvalue weighted by Gasteiger charge is 2.00. The van der Waals surface area contributed by atoms with Gasteiger partial charge in [0.05, 0.1) is 6.61 Å². The zero-order valence-corrected chi connectivity index (χ0v) is 11.6. The molecule has 0 spiro atoms. The van der Waals surface area contributed by atoms with Crippen molar-refractivity contribution in [1.82, 2.24) is 5.32 Å². The van der Waals surface area contributed by atoms with Gasteiger partial charge in [-0.2, -0.15) is 0 Å². The number of hydrogen-bond acceptors (Lipinski definition) is 4.